The molecule has 2 aliphatic heterocycles. The number of likely N-dealkylation sites (N-methyl/N-ethyl adjacent to an activating group) is 1. The van der Waals surface area contributed by atoms with Crippen molar-refractivity contribution >= 4 is 29.3 Å². The lowest BCUT2D eigenvalue weighted by molar-refractivity contribution is -0.131. The van der Waals surface area contributed by atoms with Gasteiger partial charge >= 0.3 is 5.24 Å². The Morgan fingerprint density at radius 1 is 1.33 bits per heavy atom. The van der Waals surface area contributed by atoms with Gasteiger partial charge in [-0.25, -0.2) is 0 Å². The molecule has 134 valence electrons. The average Bonchev–Trinajstić information content (AvgIpc) is 2.91. The first-order valence-electron chi connectivity index (χ1n) is 8.29. The van der Waals surface area contributed by atoms with Gasteiger partial charge in [0.25, 0.3) is 5.91 Å². The van der Waals surface area contributed by atoms with Crippen LogP contribution in [0.25, 0.3) is 0 Å². The molecule has 0 bridgehead atoms. The molecule has 3 N–H and O–H groups in total. The van der Waals surface area contributed by atoms with Crippen LogP contribution in [0.15, 0.2) is 12.2 Å². The molecule has 0 aromatic heterocycles. The summed E-state index contributed by atoms with van der Waals surface area (Å²) < 4.78 is 10.9. The first-order chi connectivity index (χ1) is 11.4. The standard InChI is InChI=1S/C16H25N3O4S/c1-4-17-10-7-5-6-8-18-15(21)13-12(22-16(24)23-13)11(9(2)3)19-14(10)20/h5,7,9-13,17H,4,6,8H2,1-3H3,(H,18,21)(H,19,20). The van der Waals surface area contributed by atoms with E-state index in [9.17, 15) is 9.59 Å². The Hall–Kier alpha value is -1.67. The minimum Gasteiger partial charge on any atom is -0.447 e. The maximum Gasteiger partial charge on any atom is 0.353 e. The lowest BCUT2D eigenvalue weighted by Crippen LogP contribution is -2.57. The Morgan fingerprint density at radius 2 is 2.08 bits per heavy atom. The summed E-state index contributed by atoms with van der Waals surface area (Å²) in [5.74, 6) is -0.405. The maximum atomic E-state index is 12.6. The number of hydrogen-bond donors (Lipinski definition) is 3. The fraction of sp³-hybridized carbons (Fsp3) is 0.688. The van der Waals surface area contributed by atoms with Crippen LogP contribution in [0, 0.1) is 5.92 Å². The molecule has 0 aromatic carbocycles. The number of thiocarbonyl (C=S) groups is 1. The van der Waals surface area contributed by atoms with Crippen LogP contribution in [0.2, 0.25) is 0 Å². The zero-order chi connectivity index (χ0) is 17.7. The van der Waals surface area contributed by atoms with Gasteiger partial charge < -0.3 is 25.4 Å². The van der Waals surface area contributed by atoms with Crippen molar-refractivity contribution in [2.24, 2.45) is 5.92 Å². The van der Waals surface area contributed by atoms with E-state index in [1.807, 2.05) is 32.9 Å². The molecule has 0 spiro atoms. The van der Waals surface area contributed by atoms with Gasteiger partial charge in [-0.1, -0.05) is 32.9 Å². The third-order valence-electron chi connectivity index (χ3n) is 4.04. The van der Waals surface area contributed by atoms with Crippen molar-refractivity contribution in [3.05, 3.63) is 12.2 Å². The first-order valence-corrected chi connectivity index (χ1v) is 8.70. The molecule has 4 atom stereocenters. The number of fused-ring (bicyclic) bond motifs is 1. The molecule has 0 aliphatic carbocycles. The third kappa shape index (κ3) is 4.45. The monoisotopic (exact) mass is 355 g/mol. The van der Waals surface area contributed by atoms with Gasteiger partial charge in [0, 0.05) is 18.8 Å². The zero-order valence-electron chi connectivity index (χ0n) is 14.2. The number of ether oxygens (including phenoxy) is 2. The van der Waals surface area contributed by atoms with Gasteiger partial charge in [0.15, 0.2) is 6.10 Å². The van der Waals surface area contributed by atoms with E-state index in [4.69, 9.17) is 21.7 Å². The molecule has 7 nitrogen and oxygen atoms in total. The highest BCUT2D eigenvalue weighted by atomic mass is 32.1. The van der Waals surface area contributed by atoms with E-state index >= 15 is 0 Å². The van der Waals surface area contributed by atoms with Crippen molar-refractivity contribution in [2.45, 2.75) is 51.5 Å². The summed E-state index contributed by atoms with van der Waals surface area (Å²) in [4.78, 5) is 25.0. The van der Waals surface area contributed by atoms with Crippen LogP contribution in [0.3, 0.4) is 0 Å². The highest BCUT2D eigenvalue weighted by molar-refractivity contribution is 7.79. The second kappa shape index (κ2) is 8.43. The van der Waals surface area contributed by atoms with Gasteiger partial charge in [-0.3, -0.25) is 9.59 Å². The molecule has 0 aromatic rings. The van der Waals surface area contributed by atoms with E-state index in [1.54, 1.807) is 0 Å². The molecule has 4 unspecified atom stereocenters. The van der Waals surface area contributed by atoms with Crippen LogP contribution in [-0.4, -0.2) is 54.4 Å². The van der Waals surface area contributed by atoms with Gasteiger partial charge in [-0.05, 0) is 18.9 Å². The van der Waals surface area contributed by atoms with E-state index < -0.39 is 24.3 Å². The molecule has 2 aliphatic rings. The van der Waals surface area contributed by atoms with Crippen LogP contribution in [0.5, 0.6) is 0 Å². The van der Waals surface area contributed by atoms with Crippen LogP contribution in [0.4, 0.5) is 0 Å². The summed E-state index contributed by atoms with van der Waals surface area (Å²) in [7, 11) is 0. The summed E-state index contributed by atoms with van der Waals surface area (Å²) in [6.45, 7) is 6.98. The normalized spacial score (nSPS) is 31.2. The fourth-order valence-electron chi connectivity index (χ4n) is 2.80. The highest BCUT2D eigenvalue weighted by Gasteiger charge is 2.46. The van der Waals surface area contributed by atoms with Crippen LogP contribution >= 0.6 is 12.2 Å². The molecule has 2 amide bonds. The van der Waals surface area contributed by atoms with Crippen LogP contribution in [0.1, 0.15) is 27.2 Å². The predicted molar refractivity (Wildman–Crippen MR) is 93.3 cm³/mol. The van der Waals surface area contributed by atoms with E-state index in [-0.39, 0.29) is 23.0 Å². The van der Waals surface area contributed by atoms with Crippen molar-refractivity contribution in [1.82, 2.24) is 16.0 Å². The highest BCUT2D eigenvalue weighted by Crippen LogP contribution is 2.23. The summed E-state index contributed by atoms with van der Waals surface area (Å²) in [5.41, 5.74) is 0. The Kier molecular flexibility index (Phi) is 6.56. The minimum absolute atomic E-state index is 0.0351. The van der Waals surface area contributed by atoms with E-state index in [0.29, 0.717) is 19.5 Å². The van der Waals surface area contributed by atoms with Gasteiger partial charge in [0.1, 0.15) is 6.04 Å². The molecular weight excluding hydrogens is 330 g/mol. The fourth-order valence-corrected chi connectivity index (χ4v) is 3.01. The number of rotatable bonds is 3. The number of amides is 2. The third-order valence-corrected chi connectivity index (χ3v) is 4.23. The smallest absolute Gasteiger partial charge is 0.353 e. The second-order valence-electron chi connectivity index (χ2n) is 6.19. The number of nitrogens with one attached hydrogen (secondary N) is 3. The van der Waals surface area contributed by atoms with Gasteiger partial charge in [0.2, 0.25) is 12.0 Å². The molecular formula is C16H25N3O4S. The van der Waals surface area contributed by atoms with Crippen LogP contribution in [-0.2, 0) is 19.1 Å². The van der Waals surface area contributed by atoms with E-state index in [0.717, 1.165) is 0 Å². The lowest BCUT2D eigenvalue weighted by Gasteiger charge is -2.30. The topological polar surface area (TPSA) is 88.7 Å². The number of hydrogen-bond acceptors (Lipinski definition) is 6. The van der Waals surface area contributed by atoms with Crippen molar-refractivity contribution in [2.75, 3.05) is 13.1 Å². The Balaban J connectivity index is 2.29. The van der Waals surface area contributed by atoms with Crippen molar-refractivity contribution in [1.29, 1.82) is 0 Å². The molecule has 1 saturated heterocycles. The Bertz CT molecular complexity index is 523. The van der Waals surface area contributed by atoms with Crippen molar-refractivity contribution in [3.63, 3.8) is 0 Å². The minimum atomic E-state index is -0.855. The Labute approximate surface area is 147 Å². The largest absolute Gasteiger partial charge is 0.447 e. The maximum absolute atomic E-state index is 12.6. The lowest BCUT2D eigenvalue weighted by atomic mass is 9.93. The van der Waals surface area contributed by atoms with Gasteiger partial charge in [0.05, 0.1) is 6.04 Å². The SMILES string of the molecule is CCNC1C=CCCNC(=O)C2OC(=S)OC2C(C(C)C)NC1=O. The number of carbonyl (C=O) groups excluding carboxylic acids is 2. The van der Waals surface area contributed by atoms with Gasteiger partial charge in [-0.2, -0.15) is 0 Å². The molecule has 8 heteroatoms. The van der Waals surface area contributed by atoms with Crippen molar-refractivity contribution < 1.29 is 19.1 Å². The Morgan fingerprint density at radius 3 is 2.75 bits per heavy atom. The zero-order valence-corrected chi connectivity index (χ0v) is 15.0. The number of carbonyl (C=O) groups is 2. The predicted octanol–water partition coefficient (Wildman–Crippen LogP) is 0.250. The summed E-state index contributed by atoms with van der Waals surface area (Å²) in [5, 5.41) is 8.89. The van der Waals surface area contributed by atoms with Crippen LogP contribution < -0.4 is 16.0 Å². The molecule has 0 radical (unpaired) electrons. The average molecular weight is 355 g/mol. The summed E-state index contributed by atoms with van der Waals surface area (Å²) in [6.07, 6.45) is 2.82. The summed E-state index contributed by atoms with van der Waals surface area (Å²) in [6, 6.07) is -0.832. The van der Waals surface area contributed by atoms with E-state index in [1.165, 1.54) is 0 Å². The molecule has 0 saturated carbocycles. The molecule has 2 rings (SSSR count). The van der Waals surface area contributed by atoms with Crippen molar-refractivity contribution in [3.8, 4) is 0 Å². The quantitative estimate of drug-likeness (QED) is 0.497. The second-order valence-corrected chi connectivity index (χ2v) is 6.53. The molecule has 1 fully saturated rings. The summed E-state index contributed by atoms with van der Waals surface area (Å²) >= 11 is 4.97. The molecule has 2 heterocycles. The molecule has 24 heavy (non-hydrogen) atoms. The van der Waals surface area contributed by atoms with Gasteiger partial charge in [-0.15, -0.1) is 0 Å². The van der Waals surface area contributed by atoms with E-state index in [2.05, 4.69) is 16.0 Å². The first kappa shape index (κ1) is 18.7.